The first-order valence-electron chi connectivity index (χ1n) is 5.21. The third-order valence-electron chi connectivity index (χ3n) is 2.52. The van der Waals surface area contributed by atoms with Gasteiger partial charge in [-0.15, -0.1) is 0 Å². The largest absolute Gasteiger partial charge is 0.358 e. The first-order valence-corrected chi connectivity index (χ1v) is 5.21. The van der Waals surface area contributed by atoms with Crippen molar-refractivity contribution in [1.82, 2.24) is 10.3 Å². The Balaban J connectivity index is 2.13. The number of aromatic nitrogens is 1. The van der Waals surface area contributed by atoms with Gasteiger partial charge in [-0.1, -0.05) is 0 Å². The van der Waals surface area contributed by atoms with E-state index in [4.69, 9.17) is 0 Å². The number of carbonyl (C=O) groups excluding carboxylic acids is 3. The van der Waals surface area contributed by atoms with Gasteiger partial charge in [0.2, 0.25) is 11.8 Å². The van der Waals surface area contributed by atoms with Gasteiger partial charge in [0.25, 0.3) is 0 Å². The summed E-state index contributed by atoms with van der Waals surface area (Å²) in [5.74, 6) is -0.301. The molecule has 1 saturated heterocycles. The van der Waals surface area contributed by atoms with Crippen LogP contribution in [-0.4, -0.2) is 29.1 Å². The number of anilines is 1. The molecule has 1 unspecified atom stereocenters. The van der Waals surface area contributed by atoms with Gasteiger partial charge in [0.15, 0.2) is 6.29 Å². The zero-order valence-corrected chi connectivity index (χ0v) is 8.97. The predicted octanol–water partition coefficient (Wildman–Crippen LogP) is 0.111. The Kier molecular flexibility index (Phi) is 3.13. The van der Waals surface area contributed by atoms with Crippen molar-refractivity contribution < 1.29 is 14.4 Å². The van der Waals surface area contributed by atoms with Crippen LogP contribution in [0.25, 0.3) is 0 Å². The van der Waals surface area contributed by atoms with Crippen LogP contribution in [0, 0.1) is 0 Å². The van der Waals surface area contributed by atoms with Crippen molar-refractivity contribution in [2.45, 2.75) is 18.9 Å². The molecule has 0 spiro atoms. The van der Waals surface area contributed by atoms with Crippen LogP contribution in [0.5, 0.6) is 0 Å². The maximum atomic E-state index is 11.5. The number of nitrogens with zero attached hydrogens (tertiary/aromatic N) is 1. The van der Waals surface area contributed by atoms with Crippen molar-refractivity contribution in [2.24, 2.45) is 0 Å². The fourth-order valence-corrected chi connectivity index (χ4v) is 1.63. The highest BCUT2D eigenvalue weighted by Gasteiger charge is 2.26. The monoisotopic (exact) mass is 233 g/mol. The van der Waals surface area contributed by atoms with Crippen LogP contribution < -0.4 is 10.6 Å². The van der Waals surface area contributed by atoms with Crippen LogP contribution in [0.1, 0.15) is 23.2 Å². The number of hydrogen-bond donors (Lipinski definition) is 2. The van der Waals surface area contributed by atoms with Crippen molar-refractivity contribution >= 4 is 23.9 Å². The summed E-state index contributed by atoms with van der Waals surface area (Å²) in [5.41, 5.74) is 0.386. The van der Waals surface area contributed by atoms with Crippen molar-refractivity contribution in [2.75, 3.05) is 5.32 Å². The molecule has 0 saturated carbocycles. The summed E-state index contributed by atoms with van der Waals surface area (Å²) in [6.07, 6.45) is 2.88. The van der Waals surface area contributed by atoms with Crippen LogP contribution in [0.4, 0.5) is 5.82 Å². The van der Waals surface area contributed by atoms with Crippen LogP contribution in [0.15, 0.2) is 18.3 Å². The van der Waals surface area contributed by atoms with Crippen LogP contribution in [0.3, 0.4) is 0 Å². The first kappa shape index (κ1) is 11.3. The second-order valence-electron chi connectivity index (χ2n) is 3.71. The Bertz CT molecular complexity index is 473. The molecule has 6 nitrogen and oxygen atoms in total. The molecule has 1 aromatic heterocycles. The molecule has 0 radical (unpaired) electrons. The zero-order chi connectivity index (χ0) is 12.3. The van der Waals surface area contributed by atoms with E-state index in [1.165, 1.54) is 6.20 Å². The number of aldehydes is 1. The van der Waals surface area contributed by atoms with E-state index in [9.17, 15) is 14.4 Å². The summed E-state index contributed by atoms with van der Waals surface area (Å²) in [7, 11) is 0. The summed E-state index contributed by atoms with van der Waals surface area (Å²) < 4.78 is 0. The summed E-state index contributed by atoms with van der Waals surface area (Å²) >= 11 is 0. The fraction of sp³-hybridized carbons (Fsp3) is 0.273. The third kappa shape index (κ3) is 2.47. The van der Waals surface area contributed by atoms with Crippen LogP contribution in [0.2, 0.25) is 0 Å². The Labute approximate surface area is 97.4 Å². The van der Waals surface area contributed by atoms with Crippen molar-refractivity contribution in [1.29, 1.82) is 0 Å². The summed E-state index contributed by atoms with van der Waals surface area (Å²) in [5, 5.41) is 5.09. The Hall–Kier alpha value is -2.24. The van der Waals surface area contributed by atoms with Gasteiger partial charge in [0, 0.05) is 12.6 Å². The number of pyridine rings is 1. The molecule has 17 heavy (non-hydrogen) atoms. The normalized spacial score (nSPS) is 19.6. The molecule has 0 aromatic carbocycles. The number of hydrogen-bond acceptors (Lipinski definition) is 5. The van der Waals surface area contributed by atoms with Gasteiger partial charge < -0.3 is 5.32 Å². The van der Waals surface area contributed by atoms with Gasteiger partial charge in [-0.3, -0.25) is 19.7 Å². The molecule has 2 rings (SSSR count). The lowest BCUT2D eigenvalue weighted by atomic mass is 10.1. The molecule has 1 aliphatic rings. The number of nitrogens with one attached hydrogen (secondary N) is 2. The van der Waals surface area contributed by atoms with Gasteiger partial charge in [-0.2, -0.15) is 0 Å². The lowest BCUT2D eigenvalue weighted by molar-refractivity contribution is -0.133. The van der Waals surface area contributed by atoms with E-state index in [0.717, 1.165) is 0 Å². The molecule has 1 atom stereocenters. The number of imide groups is 1. The summed E-state index contributed by atoms with van der Waals surface area (Å²) in [4.78, 5) is 37.2. The molecular weight excluding hydrogens is 222 g/mol. The average Bonchev–Trinajstić information content (AvgIpc) is 2.33. The van der Waals surface area contributed by atoms with Crippen LogP contribution >= 0.6 is 0 Å². The van der Waals surface area contributed by atoms with Gasteiger partial charge in [0.1, 0.15) is 11.9 Å². The van der Waals surface area contributed by atoms with E-state index in [1.807, 2.05) is 0 Å². The number of rotatable bonds is 3. The summed E-state index contributed by atoms with van der Waals surface area (Å²) in [6, 6.07) is 2.72. The highest BCUT2D eigenvalue weighted by Crippen LogP contribution is 2.14. The molecule has 88 valence electrons. The standard InChI is InChI=1S/C11H11N3O3/c15-6-7-2-1-5-12-10(7)13-8-3-4-9(16)14-11(8)17/h1-2,5-6,8H,3-4H2,(H,12,13)(H,14,16,17). The van der Waals surface area contributed by atoms with Gasteiger partial charge in [-0.25, -0.2) is 4.98 Å². The quantitative estimate of drug-likeness (QED) is 0.571. The third-order valence-corrected chi connectivity index (χ3v) is 2.52. The highest BCUT2D eigenvalue weighted by molar-refractivity contribution is 6.01. The molecule has 1 fully saturated rings. The first-order chi connectivity index (χ1) is 8.20. The molecule has 1 aromatic rings. The topological polar surface area (TPSA) is 88.2 Å². The second-order valence-corrected chi connectivity index (χ2v) is 3.71. The summed E-state index contributed by atoms with van der Waals surface area (Å²) in [6.45, 7) is 0. The van der Waals surface area contributed by atoms with Crippen molar-refractivity contribution in [3.63, 3.8) is 0 Å². The average molecular weight is 233 g/mol. The smallest absolute Gasteiger partial charge is 0.249 e. The maximum absolute atomic E-state index is 11.5. The van der Waals surface area contributed by atoms with Crippen LogP contribution in [-0.2, 0) is 9.59 Å². The maximum Gasteiger partial charge on any atom is 0.249 e. The molecule has 0 bridgehead atoms. The molecule has 0 aliphatic carbocycles. The van der Waals surface area contributed by atoms with E-state index in [1.54, 1.807) is 12.1 Å². The second kappa shape index (κ2) is 4.73. The Morgan fingerprint density at radius 2 is 2.29 bits per heavy atom. The number of carbonyl (C=O) groups is 3. The van der Waals surface area contributed by atoms with E-state index >= 15 is 0 Å². The minimum Gasteiger partial charge on any atom is -0.358 e. The minimum atomic E-state index is -0.527. The molecule has 1 aliphatic heterocycles. The lowest BCUT2D eigenvalue weighted by Gasteiger charge is -2.22. The van der Waals surface area contributed by atoms with Gasteiger partial charge in [0.05, 0.1) is 5.56 Å². The molecular formula is C11H11N3O3. The number of amides is 2. The zero-order valence-electron chi connectivity index (χ0n) is 8.97. The molecule has 6 heteroatoms. The minimum absolute atomic E-state index is 0.273. The highest BCUT2D eigenvalue weighted by atomic mass is 16.2. The van der Waals surface area contributed by atoms with Gasteiger partial charge >= 0.3 is 0 Å². The van der Waals surface area contributed by atoms with E-state index in [2.05, 4.69) is 15.6 Å². The van der Waals surface area contributed by atoms with Crippen molar-refractivity contribution in [3.05, 3.63) is 23.9 Å². The Morgan fingerprint density at radius 1 is 1.47 bits per heavy atom. The molecule has 2 N–H and O–H groups in total. The van der Waals surface area contributed by atoms with E-state index < -0.39 is 6.04 Å². The Morgan fingerprint density at radius 3 is 3.00 bits per heavy atom. The molecule has 2 amide bonds. The molecule has 2 heterocycles. The van der Waals surface area contributed by atoms with E-state index in [0.29, 0.717) is 24.1 Å². The van der Waals surface area contributed by atoms with Gasteiger partial charge in [-0.05, 0) is 18.6 Å². The van der Waals surface area contributed by atoms with Crippen molar-refractivity contribution in [3.8, 4) is 0 Å². The SMILES string of the molecule is O=Cc1cccnc1NC1CCC(=O)NC1=O. The lowest BCUT2D eigenvalue weighted by Crippen LogP contribution is -2.47. The van der Waals surface area contributed by atoms with E-state index in [-0.39, 0.29) is 18.2 Å². The fourth-order valence-electron chi connectivity index (χ4n) is 1.63. The number of piperidine rings is 1. The predicted molar refractivity (Wildman–Crippen MR) is 59.4 cm³/mol.